The lowest BCUT2D eigenvalue weighted by Gasteiger charge is -2.29. The molecule has 1 aliphatic carbocycles. The maximum Gasteiger partial charge on any atom is 0.0954 e. The van der Waals surface area contributed by atoms with E-state index >= 15 is 0 Å². The third-order valence-electron chi connectivity index (χ3n) is 4.68. The highest BCUT2D eigenvalue weighted by atomic mass is 35.5. The van der Waals surface area contributed by atoms with E-state index in [0.29, 0.717) is 12.0 Å². The van der Waals surface area contributed by atoms with Crippen LogP contribution in [0.4, 0.5) is 0 Å². The van der Waals surface area contributed by atoms with E-state index in [1.165, 1.54) is 43.1 Å². The molecule has 0 bridgehead atoms. The number of thiazole rings is 1. The Hall–Kier alpha value is 0.130. The van der Waals surface area contributed by atoms with Gasteiger partial charge in [-0.05, 0) is 24.7 Å². The molecule has 1 aliphatic heterocycles. The first-order valence-corrected chi connectivity index (χ1v) is 8.43. The minimum atomic E-state index is 0. The lowest BCUT2D eigenvalue weighted by Crippen LogP contribution is -2.38. The van der Waals surface area contributed by atoms with Crippen molar-refractivity contribution in [2.75, 3.05) is 13.1 Å². The van der Waals surface area contributed by atoms with Gasteiger partial charge < -0.3 is 5.73 Å². The zero-order valence-corrected chi connectivity index (χ0v) is 15.3. The molecular weight excluding hydrogens is 325 g/mol. The fourth-order valence-electron chi connectivity index (χ4n) is 3.63. The van der Waals surface area contributed by atoms with Gasteiger partial charge in [-0.15, -0.1) is 36.2 Å². The van der Waals surface area contributed by atoms with Gasteiger partial charge in [0.05, 0.1) is 10.7 Å². The maximum absolute atomic E-state index is 6.28. The highest BCUT2D eigenvalue weighted by Crippen LogP contribution is 2.36. The monoisotopic (exact) mass is 351 g/mol. The number of fused-ring (bicyclic) bond motifs is 1. The third kappa shape index (κ3) is 4.32. The Labute approximate surface area is 144 Å². The minimum absolute atomic E-state index is 0. The van der Waals surface area contributed by atoms with Crippen molar-refractivity contribution in [1.82, 2.24) is 9.88 Å². The molecular formula is C15H27Cl2N3S. The third-order valence-corrected chi connectivity index (χ3v) is 5.87. The number of hydrogen-bond acceptors (Lipinski definition) is 4. The first-order valence-electron chi connectivity index (χ1n) is 7.55. The van der Waals surface area contributed by atoms with Crippen molar-refractivity contribution in [3.63, 3.8) is 0 Å². The predicted molar refractivity (Wildman–Crippen MR) is 94.8 cm³/mol. The Morgan fingerprint density at radius 1 is 1.33 bits per heavy atom. The summed E-state index contributed by atoms with van der Waals surface area (Å²) in [6.45, 7) is 7.86. The van der Waals surface area contributed by atoms with E-state index < -0.39 is 0 Å². The van der Waals surface area contributed by atoms with Gasteiger partial charge >= 0.3 is 0 Å². The molecule has 3 unspecified atom stereocenters. The smallest absolute Gasteiger partial charge is 0.0954 e. The van der Waals surface area contributed by atoms with Crippen LogP contribution in [0.15, 0.2) is 5.38 Å². The fraction of sp³-hybridized carbons (Fsp3) is 0.800. The Balaban J connectivity index is 0.00000110. The summed E-state index contributed by atoms with van der Waals surface area (Å²) in [5, 5.41) is 3.50. The average molecular weight is 352 g/mol. The van der Waals surface area contributed by atoms with Crippen LogP contribution in [0.5, 0.6) is 0 Å². The number of likely N-dealkylation sites (tertiary alicyclic amines) is 1. The molecule has 1 saturated carbocycles. The Kier molecular flexibility index (Phi) is 7.41. The SMILES string of the molecule is CC(C)c1nc(CN2CC3CCCC(N)C3C2)cs1.Cl.Cl. The Morgan fingerprint density at radius 3 is 2.71 bits per heavy atom. The molecule has 21 heavy (non-hydrogen) atoms. The van der Waals surface area contributed by atoms with Gasteiger partial charge in [-0.2, -0.15) is 0 Å². The second kappa shape index (κ2) is 8.11. The summed E-state index contributed by atoms with van der Waals surface area (Å²) < 4.78 is 0. The molecule has 3 atom stereocenters. The molecule has 0 amide bonds. The number of nitrogens with zero attached hydrogens (tertiary/aromatic N) is 2. The van der Waals surface area contributed by atoms with Crippen molar-refractivity contribution in [1.29, 1.82) is 0 Å². The summed E-state index contributed by atoms with van der Waals surface area (Å²) >= 11 is 1.80. The van der Waals surface area contributed by atoms with E-state index in [1.54, 1.807) is 11.3 Å². The van der Waals surface area contributed by atoms with Gasteiger partial charge in [-0.25, -0.2) is 4.98 Å². The van der Waals surface area contributed by atoms with Crippen LogP contribution in [-0.2, 0) is 6.54 Å². The van der Waals surface area contributed by atoms with E-state index in [1.807, 2.05) is 0 Å². The summed E-state index contributed by atoms with van der Waals surface area (Å²) in [6.07, 6.45) is 3.93. The molecule has 1 aromatic heterocycles. The quantitative estimate of drug-likeness (QED) is 0.903. The van der Waals surface area contributed by atoms with E-state index in [0.717, 1.165) is 18.4 Å². The topological polar surface area (TPSA) is 42.2 Å². The van der Waals surface area contributed by atoms with Crippen molar-refractivity contribution in [3.8, 4) is 0 Å². The van der Waals surface area contributed by atoms with Gasteiger partial charge in [0.15, 0.2) is 0 Å². The molecule has 0 radical (unpaired) electrons. The molecule has 2 N–H and O–H groups in total. The molecule has 6 heteroatoms. The van der Waals surface area contributed by atoms with Gasteiger partial charge in [-0.3, -0.25) is 4.90 Å². The second-order valence-corrected chi connectivity index (χ2v) is 7.43. The summed E-state index contributed by atoms with van der Waals surface area (Å²) in [7, 11) is 0. The standard InChI is InChI=1S/C15H25N3S.2ClH/c1-10(2)15-17-12(9-19-15)7-18-6-11-4-3-5-14(16)13(11)8-18;;/h9-11,13-14H,3-8,16H2,1-2H3;2*1H. The average Bonchev–Trinajstić information content (AvgIpc) is 2.96. The zero-order chi connectivity index (χ0) is 13.4. The summed E-state index contributed by atoms with van der Waals surface area (Å²) in [5.74, 6) is 2.12. The summed E-state index contributed by atoms with van der Waals surface area (Å²) in [4.78, 5) is 7.32. The molecule has 3 nitrogen and oxygen atoms in total. The maximum atomic E-state index is 6.28. The fourth-order valence-corrected chi connectivity index (χ4v) is 4.45. The van der Waals surface area contributed by atoms with Crippen LogP contribution in [0.1, 0.15) is 49.7 Å². The zero-order valence-electron chi connectivity index (χ0n) is 12.8. The highest BCUT2D eigenvalue weighted by molar-refractivity contribution is 7.09. The van der Waals surface area contributed by atoms with Gasteiger partial charge in [0.1, 0.15) is 0 Å². The van der Waals surface area contributed by atoms with Crippen LogP contribution < -0.4 is 5.73 Å². The molecule has 0 spiro atoms. The van der Waals surface area contributed by atoms with E-state index in [2.05, 4.69) is 24.1 Å². The number of rotatable bonds is 3. The van der Waals surface area contributed by atoms with Gasteiger partial charge in [0.2, 0.25) is 0 Å². The van der Waals surface area contributed by atoms with Crippen molar-refractivity contribution in [2.24, 2.45) is 17.6 Å². The summed E-state index contributed by atoms with van der Waals surface area (Å²) in [5.41, 5.74) is 7.53. The molecule has 2 aliphatic rings. The number of aromatic nitrogens is 1. The number of nitrogens with two attached hydrogens (primary N) is 1. The minimum Gasteiger partial charge on any atom is -0.327 e. The Morgan fingerprint density at radius 2 is 2.10 bits per heavy atom. The van der Waals surface area contributed by atoms with Crippen molar-refractivity contribution >= 4 is 36.2 Å². The number of halogens is 2. The van der Waals surface area contributed by atoms with E-state index in [9.17, 15) is 0 Å². The second-order valence-electron chi connectivity index (χ2n) is 6.54. The van der Waals surface area contributed by atoms with Gasteiger partial charge in [-0.1, -0.05) is 20.3 Å². The van der Waals surface area contributed by atoms with Crippen LogP contribution in [0, 0.1) is 11.8 Å². The largest absolute Gasteiger partial charge is 0.327 e. The molecule has 2 fully saturated rings. The first kappa shape index (κ1) is 19.2. The van der Waals surface area contributed by atoms with Gasteiger partial charge in [0, 0.05) is 37.0 Å². The molecule has 2 heterocycles. The predicted octanol–water partition coefficient (Wildman–Crippen LogP) is 3.67. The molecule has 1 aromatic rings. The molecule has 122 valence electrons. The molecule has 3 rings (SSSR count). The van der Waals surface area contributed by atoms with Crippen molar-refractivity contribution < 1.29 is 0 Å². The van der Waals surface area contributed by atoms with Crippen LogP contribution >= 0.6 is 36.2 Å². The normalized spacial score (nSPS) is 28.9. The lowest BCUT2D eigenvalue weighted by atomic mass is 9.78. The molecule has 0 aromatic carbocycles. The van der Waals surface area contributed by atoms with E-state index in [4.69, 9.17) is 10.7 Å². The van der Waals surface area contributed by atoms with Crippen molar-refractivity contribution in [2.45, 2.75) is 51.6 Å². The Bertz CT molecular complexity index is 438. The number of hydrogen-bond donors (Lipinski definition) is 1. The van der Waals surface area contributed by atoms with Crippen LogP contribution in [0.2, 0.25) is 0 Å². The highest BCUT2D eigenvalue weighted by Gasteiger charge is 2.38. The molecule has 1 saturated heterocycles. The van der Waals surface area contributed by atoms with Crippen LogP contribution in [0.25, 0.3) is 0 Å². The lowest BCUT2D eigenvalue weighted by molar-refractivity contribution is 0.259. The first-order chi connectivity index (χ1) is 9.13. The summed E-state index contributed by atoms with van der Waals surface area (Å²) in [6, 6.07) is 0.436. The van der Waals surface area contributed by atoms with Gasteiger partial charge in [0.25, 0.3) is 0 Å². The van der Waals surface area contributed by atoms with E-state index in [-0.39, 0.29) is 24.8 Å². The van der Waals surface area contributed by atoms with Crippen LogP contribution in [0.3, 0.4) is 0 Å². The van der Waals surface area contributed by atoms with Crippen LogP contribution in [-0.4, -0.2) is 29.0 Å². The van der Waals surface area contributed by atoms with Crippen molar-refractivity contribution in [3.05, 3.63) is 16.1 Å².